The van der Waals surface area contributed by atoms with E-state index in [1.165, 1.54) is 10.8 Å². The summed E-state index contributed by atoms with van der Waals surface area (Å²) in [4.78, 5) is 33.4. The number of aliphatic hydroxyl groups is 2. The Morgan fingerprint density at radius 2 is 2.00 bits per heavy atom. The van der Waals surface area contributed by atoms with Gasteiger partial charge in [0.25, 0.3) is 23.3 Å². The Labute approximate surface area is 235 Å². The molecule has 4 aliphatic rings. The van der Waals surface area contributed by atoms with Crippen molar-refractivity contribution >= 4 is 23.7 Å². The second-order valence-electron chi connectivity index (χ2n) is 11.5. The molecule has 0 aliphatic carbocycles. The van der Waals surface area contributed by atoms with Crippen LogP contribution in [-0.2, 0) is 5.41 Å². The van der Waals surface area contributed by atoms with Crippen molar-refractivity contribution in [1.82, 2.24) is 26.3 Å². The minimum atomic E-state index is -2.56. The van der Waals surface area contributed by atoms with Crippen molar-refractivity contribution in [2.45, 2.75) is 55.3 Å². The number of aromatic nitrogens is 1. The number of carbonyl (C=O) groups excluding carboxylic acids is 2. The van der Waals surface area contributed by atoms with E-state index in [4.69, 9.17) is 16.2 Å². The topological polar surface area (TPSA) is 214 Å². The predicted octanol–water partition coefficient (Wildman–Crippen LogP) is -4.27. The fourth-order valence-corrected chi connectivity index (χ4v) is 6.39. The van der Waals surface area contributed by atoms with Gasteiger partial charge in [0, 0.05) is 11.8 Å². The molecule has 1 saturated heterocycles. The summed E-state index contributed by atoms with van der Waals surface area (Å²) in [6.45, 7) is 4.66. The molecule has 2 amide bonds. The third-order valence-corrected chi connectivity index (χ3v) is 8.60. The number of nitrogens with two attached hydrogens (primary N) is 2. The van der Waals surface area contributed by atoms with E-state index >= 15 is 0 Å². The molecule has 1 fully saturated rings. The molecule has 6 rings (SSSR count). The molecule has 0 radical (unpaired) electrons. The maximum atomic E-state index is 13.6. The molecule has 0 bridgehead atoms. The normalized spacial score (nSPS) is 28.6. The first kappa shape index (κ1) is 26.8. The first-order valence-corrected chi connectivity index (χ1v) is 13.5. The molecule has 0 saturated carbocycles. The molecule has 41 heavy (non-hydrogen) atoms. The molecule has 1 aromatic carbocycles. The van der Waals surface area contributed by atoms with Gasteiger partial charge in [-0.2, -0.15) is 0 Å². The van der Waals surface area contributed by atoms with Crippen molar-refractivity contribution in [3.05, 3.63) is 59.4 Å². The molecule has 1 aromatic heterocycles. The minimum absolute atomic E-state index is 0.0503. The van der Waals surface area contributed by atoms with Crippen LogP contribution in [0.3, 0.4) is 0 Å². The van der Waals surface area contributed by atoms with Crippen LogP contribution in [0.5, 0.6) is 5.75 Å². The summed E-state index contributed by atoms with van der Waals surface area (Å²) < 4.78 is 7.44. The van der Waals surface area contributed by atoms with E-state index in [2.05, 4.69) is 45.1 Å². The van der Waals surface area contributed by atoms with Gasteiger partial charge in [0.1, 0.15) is 23.5 Å². The molecule has 14 nitrogen and oxygen atoms in total. The van der Waals surface area contributed by atoms with Crippen molar-refractivity contribution in [2.24, 2.45) is 11.5 Å². The fraction of sp³-hybridized carbons (Fsp3) is 0.444. The van der Waals surface area contributed by atoms with Crippen molar-refractivity contribution < 1.29 is 34.1 Å². The number of hydrogen-bond donors (Lipinski definition) is 9. The molecule has 1 spiro atoms. The third kappa shape index (κ3) is 4.04. The minimum Gasteiger partial charge on any atom is -0.492 e. The number of amides is 2. The second-order valence-corrected chi connectivity index (χ2v) is 11.5. The molecule has 11 N–H and O–H groups in total. The number of pyridine rings is 1. The Morgan fingerprint density at radius 1 is 1.20 bits per heavy atom. The molecule has 4 atom stereocenters. The van der Waals surface area contributed by atoms with E-state index in [1.54, 1.807) is 30.3 Å². The number of guanidine groups is 2. The smallest absolute Gasteiger partial charge is 0.347 e. The van der Waals surface area contributed by atoms with Gasteiger partial charge in [0.05, 0.1) is 25.3 Å². The summed E-state index contributed by atoms with van der Waals surface area (Å²) >= 11 is 0. The lowest BCUT2D eigenvalue weighted by atomic mass is 9.79. The van der Waals surface area contributed by atoms with Crippen LogP contribution in [0.4, 0.5) is 0 Å². The van der Waals surface area contributed by atoms with E-state index in [1.807, 2.05) is 6.07 Å². The lowest BCUT2D eigenvalue weighted by Gasteiger charge is -2.41. The summed E-state index contributed by atoms with van der Waals surface area (Å²) in [5.41, 5.74) is 12.1. The second kappa shape index (κ2) is 9.31. The lowest BCUT2D eigenvalue weighted by molar-refractivity contribution is -0.674. The molecule has 14 heteroatoms. The Hall–Kier alpha value is -4.43. The number of rotatable bonds is 5. The van der Waals surface area contributed by atoms with Crippen LogP contribution >= 0.6 is 0 Å². The van der Waals surface area contributed by atoms with E-state index < -0.39 is 41.4 Å². The molecule has 1 unspecified atom stereocenters. The zero-order chi connectivity index (χ0) is 29.2. The van der Waals surface area contributed by atoms with Gasteiger partial charge < -0.3 is 25.6 Å². The van der Waals surface area contributed by atoms with Crippen LogP contribution in [0, 0.1) is 0 Å². The summed E-state index contributed by atoms with van der Waals surface area (Å²) in [5, 5.41) is 35.2. The molecule has 2 aromatic rings. The summed E-state index contributed by atoms with van der Waals surface area (Å²) in [6, 6.07) is 7.77. The number of benzene rings is 1. The highest BCUT2D eigenvalue weighted by Crippen LogP contribution is 2.41. The first-order chi connectivity index (χ1) is 19.5. The van der Waals surface area contributed by atoms with Crippen LogP contribution in [0.15, 0.2) is 42.6 Å². The number of para-hydroxylation sites is 1. The molecule has 5 heterocycles. The standard InChI is InChI=1S/C27H33N9O5/c1-25(2)9-11-41-19-14(6-5-7-15(19)25)21(37)33-18-13-36-24(29)32-17(12-31-22(38)16-8-3-4-10-30-16)20-26(36,27(18,39)40)35-23(28)34-20/h3-8,10,17-18,20,39-40H,9,11-13H2,1-2H3,(H7,28,29,31,32,33,34,35,37,38)/p+2/t17-,18?,20-,26-/m0/s1. The summed E-state index contributed by atoms with van der Waals surface area (Å²) in [7, 11) is 0. The SMILES string of the molecule is CC1(C)CCOc2c(C(=O)NC3C[N+]4=C(N)N[C@@H](CNC(=O)c5ccccn5)[C@@H]5[NH+]=C(N)N[C@@]54C3(O)O)cccc21. The number of ether oxygens (including phenoxy) is 1. The molecule has 4 aliphatic heterocycles. The van der Waals surface area contributed by atoms with E-state index in [0.717, 1.165) is 12.0 Å². The molecular weight excluding hydrogens is 530 g/mol. The van der Waals surface area contributed by atoms with Gasteiger partial charge in [0.2, 0.25) is 0 Å². The maximum absolute atomic E-state index is 13.6. The Bertz CT molecular complexity index is 1470. The number of carbonyl (C=O) groups is 2. The predicted molar refractivity (Wildman–Crippen MR) is 146 cm³/mol. The average Bonchev–Trinajstić information content (AvgIpc) is 3.41. The number of nitrogens with zero attached hydrogens (tertiary/aromatic N) is 2. The summed E-state index contributed by atoms with van der Waals surface area (Å²) in [5.74, 6) is -2.79. The van der Waals surface area contributed by atoms with E-state index in [9.17, 15) is 19.8 Å². The van der Waals surface area contributed by atoms with Gasteiger partial charge >= 0.3 is 11.9 Å². The molecule has 216 valence electrons. The number of fused-ring (bicyclic) bond motifs is 1. The van der Waals surface area contributed by atoms with Crippen molar-refractivity contribution in [1.29, 1.82) is 0 Å². The zero-order valence-electron chi connectivity index (χ0n) is 22.8. The highest BCUT2D eigenvalue weighted by molar-refractivity contribution is 5.98. The van der Waals surface area contributed by atoms with Crippen LogP contribution in [-0.4, -0.2) is 92.8 Å². The Balaban J connectivity index is 1.27. The zero-order valence-corrected chi connectivity index (χ0v) is 22.8. The summed E-state index contributed by atoms with van der Waals surface area (Å²) in [6.07, 6.45) is 2.33. The molecular formula is C27H35N9O5+2. The Morgan fingerprint density at radius 3 is 2.76 bits per heavy atom. The highest BCUT2D eigenvalue weighted by atomic mass is 16.5. The van der Waals surface area contributed by atoms with Gasteiger partial charge in [-0.3, -0.25) is 36.3 Å². The number of hydrogen-bond acceptors (Lipinski definition) is 10. The Kier molecular flexibility index (Phi) is 6.08. The van der Waals surface area contributed by atoms with Crippen molar-refractivity contribution in [3.63, 3.8) is 0 Å². The third-order valence-electron chi connectivity index (χ3n) is 8.60. The largest absolute Gasteiger partial charge is 0.492 e. The lowest BCUT2D eigenvalue weighted by Crippen LogP contribution is -2.92. The van der Waals surface area contributed by atoms with Gasteiger partial charge in [-0.15, -0.1) is 0 Å². The van der Waals surface area contributed by atoms with Crippen LogP contribution in [0.2, 0.25) is 0 Å². The van der Waals surface area contributed by atoms with Gasteiger partial charge in [-0.25, -0.2) is 9.89 Å². The monoisotopic (exact) mass is 565 g/mol. The van der Waals surface area contributed by atoms with E-state index in [0.29, 0.717) is 17.9 Å². The van der Waals surface area contributed by atoms with Crippen LogP contribution in [0.1, 0.15) is 46.7 Å². The van der Waals surface area contributed by atoms with Crippen LogP contribution < -0.4 is 42.5 Å². The fourth-order valence-electron chi connectivity index (χ4n) is 6.39. The van der Waals surface area contributed by atoms with Gasteiger partial charge in [0.15, 0.2) is 6.04 Å². The highest BCUT2D eigenvalue weighted by Gasteiger charge is 2.78. The maximum Gasteiger partial charge on any atom is 0.347 e. The first-order valence-electron chi connectivity index (χ1n) is 13.5. The number of nitrogens with one attached hydrogen (secondary N) is 5. The van der Waals surface area contributed by atoms with Gasteiger partial charge in [-0.1, -0.05) is 32.0 Å². The van der Waals surface area contributed by atoms with E-state index in [-0.39, 0.29) is 36.1 Å². The van der Waals surface area contributed by atoms with Crippen molar-refractivity contribution in [2.75, 3.05) is 19.7 Å². The average molecular weight is 566 g/mol. The van der Waals surface area contributed by atoms with Crippen LogP contribution in [0.25, 0.3) is 0 Å². The quantitative estimate of drug-likeness (QED) is 0.126. The van der Waals surface area contributed by atoms with Crippen molar-refractivity contribution in [3.8, 4) is 5.75 Å². The van der Waals surface area contributed by atoms with Gasteiger partial charge in [-0.05, 0) is 30.0 Å².